The Bertz CT molecular complexity index is 480. The maximum atomic E-state index is 4.52. The van der Waals surface area contributed by atoms with E-state index in [1.165, 1.54) is 42.3 Å². The minimum Gasteiger partial charge on any atom is -0.342 e. The molecule has 1 aromatic carbocycles. The van der Waals surface area contributed by atoms with Gasteiger partial charge in [0.05, 0.1) is 11.0 Å². The third-order valence-corrected chi connectivity index (χ3v) is 3.73. The molecule has 0 saturated heterocycles. The molecule has 0 aliphatic heterocycles. The second-order valence-corrected chi connectivity index (χ2v) is 5.14. The Morgan fingerprint density at radius 1 is 1.19 bits per heavy atom. The lowest BCUT2D eigenvalue weighted by Gasteiger charge is -2.04. The SMILES string of the molecule is Cc1nc2cc3c(cc2[nH]1)CCC(C)CC3. The zero-order chi connectivity index (χ0) is 11.1. The number of aromatic amines is 1. The molecule has 2 heteroatoms. The molecule has 3 rings (SSSR count). The first-order chi connectivity index (χ1) is 7.72. The van der Waals surface area contributed by atoms with Crippen LogP contribution in [-0.2, 0) is 12.8 Å². The Kier molecular flexibility index (Phi) is 2.23. The van der Waals surface area contributed by atoms with Crippen LogP contribution in [-0.4, -0.2) is 9.97 Å². The van der Waals surface area contributed by atoms with Crippen LogP contribution in [0.15, 0.2) is 12.1 Å². The molecule has 0 fully saturated rings. The monoisotopic (exact) mass is 214 g/mol. The van der Waals surface area contributed by atoms with Gasteiger partial charge in [0, 0.05) is 0 Å². The van der Waals surface area contributed by atoms with Gasteiger partial charge in [-0.25, -0.2) is 4.98 Å². The molecule has 0 bridgehead atoms. The van der Waals surface area contributed by atoms with Crippen molar-refractivity contribution in [2.24, 2.45) is 5.92 Å². The molecule has 1 aliphatic carbocycles. The van der Waals surface area contributed by atoms with Crippen molar-refractivity contribution in [3.05, 3.63) is 29.1 Å². The summed E-state index contributed by atoms with van der Waals surface area (Å²) >= 11 is 0. The number of hydrogen-bond donors (Lipinski definition) is 1. The van der Waals surface area contributed by atoms with Crippen LogP contribution in [0.5, 0.6) is 0 Å². The first-order valence-electron chi connectivity index (χ1n) is 6.20. The molecule has 1 atom stereocenters. The largest absolute Gasteiger partial charge is 0.342 e. The van der Waals surface area contributed by atoms with Crippen LogP contribution in [0.3, 0.4) is 0 Å². The molecule has 1 heterocycles. The highest BCUT2D eigenvalue weighted by Crippen LogP contribution is 2.27. The van der Waals surface area contributed by atoms with Crippen molar-refractivity contribution in [2.45, 2.75) is 39.5 Å². The molecule has 1 unspecified atom stereocenters. The lowest BCUT2D eigenvalue weighted by atomic mass is 10.0. The van der Waals surface area contributed by atoms with Gasteiger partial charge < -0.3 is 4.98 Å². The topological polar surface area (TPSA) is 28.7 Å². The highest BCUT2D eigenvalue weighted by atomic mass is 14.9. The van der Waals surface area contributed by atoms with Crippen LogP contribution in [0, 0.1) is 12.8 Å². The molecular formula is C14H18N2. The van der Waals surface area contributed by atoms with E-state index >= 15 is 0 Å². The summed E-state index contributed by atoms with van der Waals surface area (Å²) in [6.45, 7) is 4.38. The first-order valence-corrected chi connectivity index (χ1v) is 6.20. The van der Waals surface area contributed by atoms with Gasteiger partial charge in [0.15, 0.2) is 0 Å². The van der Waals surface area contributed by atoms with Crippen LogP contribution in [0.2, 0.25) is 0 Å². The fourth-order valence-electron chi connectivity index (χ4n) is 2.69. The standard InChI is InChI=1S/C14H18N2/c1-9-3-5-11-7-13-14(16-10(2)15-13)8-12(11)6-4-9/h7-9H,3-6H2,1-2H3,(H,15,16). The van der Waals surface area contributed by atoms with Gasteiger partial charge >= 0.3 is 0 Å². The van der Waals surface area contributed by atoms with E-state index in [0.717, 1.165) is 17.3 Å². The number of rotatable bonds is 0. The fourth-order valence-corrected chi connectivity index (χ4v) is 2.69. The van der Waals surface area contributed by atoms with Crippen molar-refractivity contribution < 1.29 is 0 Å². The summed E-state index contributed by atoms with van der Waals surface area (Å²) in [5.74, 6) is 1.88. The minimum absolute atomic E-state index is 0.862. The smallest absolute Gasteiger partial charge is 0.104 e. The molecule has 16 heavy (non-hydrogen) atoms. The summed E-state index contributed by atoms with van der Waals surface area (Å²) in [5.41, 5.74) is 5.38. The van der Waals surface area contributed by atoms with Gasteiger partial charge in [-0.3, -0.25) is 0 Å². The third-order valence-electron chi connectivity index (χ3n) is 3.73. The van der Waals surface area contributed by atoms with Crippen LogP contribution < -0.4 is 0 Å². The number of H-pyrrole nitrogens is 1. The molecule has 1 aromatic heterocycles. The normalized spacial score (nSPS) is 17.4. The summed E-state index contributed by atoms with van der Waals surface area (Å²) < 4.78 is 0. The maximum Gasteiger partial charge on any atom is 0.104 e. The van der Waals surface area contributed by atoms with Gasteiger partial charge in [-0.05, 0) is 61.8 Å². The molecule has 1 N–H and O–H groups in total. The average molecular weight is 214 g/mol. The molecule has 0 amide bonds. The Morgan fingerprint density at radius 3 is 2.62 bits per heavy atom. The van der Waals surface area contributed by atoms with Crippen molar-refractivity contribution in [1.29, 1.82) is 0 Å². The molecule has 2 aromatic rings. The summed E-state index contributed by atoms with van der Waals surface area (Å²) in [7, 11) is 0. The number of nitrogens with zero attached hydrogens (tertiary/aromatic N) is 1. The molecule has 0 radical (unpaired) electrons. The van der Waals surface area contributed by atoms with E-state index in [1.807, 2.05) is 6.92 Å². The van der Waals surface area contributed by atoms with Crippen LogP contribution in [0.1, 0.15) is 36.7 Å². The quantitative estimate of drug-likeness (QED) is 0.669. The van der Waals surface area contributed by atoms with Gasteiger partial charge in [0.1, 0.15) is 5.82 Å². The molecular weight excluding hydrogens is 196 g/mol. The average Bonchev–Trinajstić information content (AvgIpc) is 2.51. The highest BCUT2D eigenvalue weighted by Gasteiger charge is 2.14. The van der Waals surface area contributed by atoms with E-state index in [0.29, 0.717) is 0 Å². The predicted octanol–water partition coefficient (Wildman–Crippen LogP) is 3.39. The Balaban J connectivity index is 2.11. The van der Waals surface area contributed by atoms with E-state index in [2.05, 4.69) is 29.0 Å². The number of aromatic nitrogens is 2. The van der Waals surface area contributed by atoms with Gasteiger partial charge in [-0.2, -0.15) is 0 Å². The van der Waals surface area contributed by atoms with Crippen LogP contribution in [0.25, 0.3) is 11.0 Å². The van der Waals surface area contributed by atoms with Gasteiger partial charge in [-0.15, -0.1) is 0 Å². The Labute approximate surface area is 96.1 Å². The van der Waals surface area contributed by atoms with Gasteiger partial charge in [0.25, 0.3) is 0 Å². The van der Waals surface area contributed by atoms with Crippen molar-refractivity contribution in [2.75, 3.05) is 0 Å². The second kappa shape index (κ2) is 3.62. The number of imidazole rings is 1. The number of benzene rings is 1. The molecule has 84 valence electrons. The fraction of sp³-hybridized carbons (Fsp3) is 0.500. The summed E-state index contributed by atoms with van der Waals surface area (Å²) in [5, 5.41) is 0. The van der Waals surface area contributed by atoms with Crippen molar-refractivity contribution >= 4 is 11.0 Å². The molecule has 1 aliphatic rings. The first kappa shape index (κ1) is 9.88. The predicted molar refractivity (Wildman–Crippen MR) is 66.6 cm³/mol. The zero-order valence-electron chi connectivity index (χ0n) is 10.0. The summed E-state index contributed by atoms with van der Waals surface area (Å²) in [6.07, 6.45) is 5.09. The minimum atomic E-state index is 0.862. The second-order valence-electron chi connectivity index (χ2n) is 5.14. The molecule has 0 saturated carbocycles. The zero-order valence-corrected chi connectivity index (χ0v) is 10.0. The van der Waals surface area contributed by atoms with Crippen LogP contribution >= 0.6 is 0 Å². The van der Waals surface area contributed by atoms with E-state index in [4.69, 9.17) is 0 Å². The van der Waals surface area contributed by atoms with Crippen LogP contribution in [0.4, 0.5) is 0 Å². The van der Waals surface area contributed by atoms with Gasteiger partial charge in [0.2, 0.25) is 0 Å². The third kappa shape index (κ3) is 1.62. The van der Waals surface area contributed by atoms with E-state index in [1.54, 1.807) is 0 Å². The number of nitrogens with one attached hydrogen (secondary N) is 1. The number of hydrogen-bond acceptors (Lipinski definition) is 1. The highest BCUT2D eigenvalue weighted by molar-refractivity contribution is 5.77. The molecule has 2 nitrogen and oxygen atoms in total. The maximum absolute atomic E-state index is 4.52. The van der Waals surface area contributed by atoms with Crippen molar-refractivity contribution in [3.63, 3.8) is 0 Å². The van der Waals surface area contributed by atoms with Crippen molar-refractivity contribution in [3.8, 4) is 0 Å². The molecule has 0 spiro atoms. The summed E-state index contributed by atoms with van der Waals surface area (Å²) in [4.78, 5) is 7.84. The Morgan fingerprint density at radius 2 is 1.88 bits per heavy atom. The lowest BCUT2D eigenvalue weighted by Crippen LogP contribution is -1.92. The van der Waals surface area contributed by atoms with Crippen molar-refractivity contribution in [1.82, 2.24) is 9.97 Å². The lowest BCUT2D eigenvalue weighted by molar-refractivity contribution is 0.510. The Hall–Kier alpha value is -1.31. The van der Waals surface area contributed by atoms with E-state index < -0.39 is 0 Å². The number of aryl methyl sites for hydroxylation is 3. The van der Waals surface area contributed by atoms with Gasteiger partial charge in [-0.1, -0.05) is 6.92 Å². The van der Waals surface area contributed by atoms with E-state index in [9.17, 15) is 0 Å². The number of fused-ring (bicyclic) bond motifs is 2. The van der Waals surface area contributed by atoms with E-state index in [-0.39, 0.29) is 0 Å². The summed E-state index contributed by atoms with van der Waals surface area (Å²) in [6, 6.07) is 4.59.